The van der Waals surface area contributed by atoms with Crippen LogP contribution in [0.1, 0.15) is 0 Å². The predicted molar refractivity (Wildman–Crippen MR) is 541 cm³/mol. The topological polar surface area (TPSA) is 19.7 Å². The summed E-state index contributed by atoms with van der Waals surface area (Å²) in [5.74, 6) is 0. The van der Waals surface area contributed by atoms with Crippen LogP contribution in [0.2, 0.25) is 0 Å². The fourth-order valence-electron chi connectivity index (χ4n) is 22.2. The molecular weight excluding hydrogens is 1550 g/mol. The zero-order valence-corrected chi connectivity index (χ0v) is 69.5. The summed E-state index contributed by atoms with van der Waals surface area (Å²) in [6, 6.07) is 169. The molecule has 22 aromatic carbocycles. The van der Waals surface area contributed by atoms with E-state index in [1.807, 2.05) is 0 Å². The summed E-state index contributed by atoms with van der Waals surface area (Å²) in [6.07, 6.45) is 0. The van der Waals surface area contributed by atoms with Crippen molar-refractivity contribution in [3.05, 3.63) is 449 Å². The fourth-order valence-corrected chi connectivity index (χ4v) is 22.2. The first kappa shape index (κ1) is 70.6. The van der Waals surface area contributed by atoms with E-state index >= 15 is 0 Å². The number of nitrogens with zero attached hydrogens (tertiary/aromatic N) is 4. The van der Waals surface area contributed by atoms with Gasteiger partial charge in [0, 0.05) is 76.6 Å². The number of hydrogen-bond acceptors (Lipinski definition) is 0. The zero-order chi connectivity index (χ0) is 83.5. The maximum atomic E-state index is 2.50. The van der Waals surface area contributed by atoms with E-state index in [9.17, 15) is 0 Å². The molecule has 0 radical (unpaired) electrons. The molecule has 0 bridgehead atoms. The van der Waals surface area contributed by atoms with Gasteiger partial charge in [0.15, 0.2) is 0 Å². The van der Waals surface area contributed by atoms with Gasteiger partial charge >= 0.3 is 0 Å². The van der Waals surface area contributed by atoms with Crippen LogP contribution in [-0.2, 0) is 0 Å². The van der Waals surface area contributed by atoms with E-state index in [0.29, 0.717) is 0 Å². The Hall–Kier alpha value is -16.9. The highest BCUT2D eigenvalue weighted by Crippen LogP contribution is 2.52. The molecule has 2 aliphatic carbocycles. The summed E-state index contributed by atoms with van der Waals surface area (Å²) in [5, 5.41) is 19.9. The van der Waals surface area contributed by atoms with Crippen LogP contribution in [0.15, 0.2) is 449 Å². The quantitative estimate of drug-likeness (QED) is 0.123. The minimum atomic E-state index is 1.09. The lowest BCUT2D eigenvalue weighted by atomic mass is 9.96. The van der Waals surface area contributed by atoms with Crippen LogP contribution < -0.4 is 0 Å². The molecule has 4 aromatic heterocycles. The Labute approximate surface area is 737 Å². The molecule has 0 unspecified atom stereocenters. The third-order valence-electron chi connectivity index (χ3n) is 28.2. The van der Waals surface area contributed by atoms with E-state index in [1.165, 1.54) is 197 Å². The number of hydrogen-bond donors (Lipinski definition) is 0. The average Bonchev–Trinajstić information content (AvgIpc) is 1.56. The van der Waals surface area contributed by atoms with Crippen molar-refractivity contribution in [1.29, 1.82) is 0 Å². The Morgan fingerprint density at radius 3 is 0.930 bits per heavy atom. The molecular formula is C124H74N4. The van der Waals surface area contributed by atoms with Gasteiger partial charge in [-0.25, -0.2) is 0 Å². The lowest BCUT2D eigenvalue weighted by Crippen LogP contribution is -1.96. The molecule has 0 spiro atoms. The monoisotopic (exact) mass is 1620 g/mol. The highest BCUT2D eigenvalue weighted by atomic mass is 15.0. The Kier molecular flexibility index (Phi) is 15.1. The van der Waals surface area contributed by atoms with E-state index in [4.69, 9.17) is 0 Å². The van der Waals surface area contributed by atoms with E-state index in [-0.39, 0.29) is 0 Å². The first-order chi connectivity index (χ1) is 63.4. The predicted octanol–water partition coefficient (Wildman–Crippen LogP) is 33.7. The lowest BCUT2D eigenvalue weighted by molar-refractivity contribution is 1.18. The van der Waals surface area contributed by atoms with Crippen LogP contribution in [0.5, 0.6) is 0 Å². The second-order valence-electron chi connectivity index (χ2n) is 35.0. The van der Waals surface area contributed by atoms with Gasteiger partial charge in [0.05, 0.1) is 44.1 Å². The van der Waals surface area contributed by atoms with Crippen LogP contribution >= 0.6 is 0 Å². The maximum Gasteiger partial charge on any atom is 0.0619 e. The van der Waals surface area contributed by atoms with Gasteiger partial charge in [0.2, 0.25) is 0 Å². The van der Waals surface area contributed by atoms with Gasteiger partial charge < -0.3 is 18.3 Å². The number of aromatic nitrogens is 4. The first-order valence-corrected chi connectivity index (χ1v) is 44.4. The van der Waals surface area contributed by atoms with E-state index in [1.54, 1.807) is 0 Å². The van der Waals surface area contributed by atoms with Crippen molar-refractivity contribution < 1.29 is 0 Å². The Bertz CT molecular complexity index is 9260. The molecule has 4 heteroatoms. The van der Waals surface area contributed by atoms with Crippen molar-refractivity contribution >= 4 is 130 Å². The number of fused-ring (bicyclic) bond motifs is 22. The Balaban J connectivity index is 0.530. The van der Waals surface area contributed by atoms with Crippen LogP contribution in [0, 0.1) is 0 Å². The molecule has 28 rings (SSSR count). The molecule has 0 N–H and O–H groups in total. The van der Waals surface area contributed by atoms with Gasteiger partial charge in [-0.2, -0.15) is 0 Å². The van der Waals surface area contributed by atoms with Crippen molar-refractivity contribution in [2.24, 2.45) is 0 Å². The summed E-state index contributed by atoms with van der Waals surface area (Å²) in [6.45, 7) is 0. The summed E-state index contributed by atoms with van der Waals surface area (Å²) in [5.41, 5.74) is 40.9. The number of rotatable bonds is 11. The largest absolute Gasteiger partial charge is 0.309 e. The molecule has 0 atom stereocenters. The SMILES string of the molecule is c1ccc(-n2c3ccc(-c4ccc5c6ccc(-c7cccc(-n8c9ccccc9c9cc(-c%10ccc%11c%12ccc%13ccccc%13c%12n(-c%12ccc(-c%13ccc(-c%14ccc%15c(c%14)-c%14cccc%16cccc-%15c%14%16)cc%13)cc%12)c%11c%10)ccc98)c7)cc6n(-c6ccc(-c7ccc(-c8ccc9c(c8)-c8cccc%10cccc-9c8%10)cc7)cc6)c5c4)cc3c3ccc4ccccc4c32)cc1. The van der Waals surface area contributed by atoms with Gasteiger partial charge in [0.25, 0.3) is 0 Å². The van der Waals surface area contributed by atoms with Gasteiger partial charge in [-0.1, -0.05) is 340 Å². The molecule has 0 saturated carbocycles. The van der Waals surface area contributed by atoms with Gasteiger partial charge in [-0.3, -0.25) is 0 Å². The molecule has 4 heterocycles. The summed E-state index contributed by atoms with van der Waals surface area (Å²) >= 11 is 0. The normalized spacial score (nSPS) is 12.2. The zero-order valence-electron chi connectivity index (χ0n) is 69.5. The van der Waals surface area contributed by atoms with E-state index < -0.39 is 0 Å². The molecule has 4 nitrogen and oxygen atoms in total. The van der Waals surface area contributed by atoms with Gasteiger partial charge in [-0.15, -0.1) is 0 Å². The minimum Gasteiger partial charge on any atom is -0.309 e. The van der Waals surface area contributed by atoms with Gasteiger partial charge in [-0.05, 0) is 264 Å². The maximum absolute atomic E-state index is 2.50. The molecule has 128 heavy (non-hydrogen) atoms. The standard InChI is InChI=1S/C124H74N4/c1-2-22-93(23-3-1)127-117-66-53-89(71-114(117)110-64-46-82-16-5-7-26-98(82)124(110)127)91-50-61-103-102-60-49-90(72-118(102)125(119(103)73-91)94-54-41-77(42-55-94)75-33-37-79(38-34-75)86-47-58-99-105-28-11-17-83-19-13-30-107(121(83)105)111(99)68-86)85-21-10-24-96(67-85)126-115-32-9-8-27-101(115)113-70-88(52-65-116(113)126)92-51-62-104-109-63-45-81-15-4-6-25-97(81)123(109)128(120(104)74-92)95-56-43-78(44-57-95)76-35-39-80(40-36-76)87-48-59-100-106-29-12-18-84-20-14-31-108(122(84)106)112(100)69-87/h1-74H. The lowest BCUT2D eigenvalue weighted by Gasteiger charge is -2.13. The molecule has 0 fully saturated rings. The molecule has 0 aliphatic heterocycles. The van der Waals surface area contributed by atoms with Crippen LogP contribution in [0.3, 0.4) is 0 Å². The smallest absolute Gasteiger partial charge is 0.0619 e. The number of benzene rings is 22. The van der Waals surface area contributed by atoms with Crippen molar-refractivity contribution in [2.75, 3.05) is 0 Å². The first-order valence-electron chi connectivity index (χ1n) is 44.4. The average molecular weight is 1620 g/mol. The third-order valence-corrected chi connectivity index (χ3v) is 28.2. The van der Waals surface area contributed by atoms with Crippen molar-refractivity contribution in [1.82, 2.24) is 18.3 Å². The van der Waals surface area contributed by atoms with Crippen molar-refractivity contribution in [3.8, 4) is 145 Å². The summed E-state index contributed by atoms with van der Waals surface area (Å²) in [7, 11) is 0. The fraction of sp³-hybridized carbons (Fsp3) is 0. The molecule has 26 aromatic rings. The molecule has 2 aliphatic rings. The molecule has 0 amide bonds. The van der Waals surface area contributed by atoms with E-state index in [0.717, 1.165) is 78.2 Å². The van der Waals surface area contributed by atoms with Crippen molar-refractivity contribution in [2.45, 2.75) is 0 Å². The van der Waals surface area contributed by atoms with Crippen molar-refractivity contribution in [3.63, 3.8) is 0 Å². The molecule has 590 valence electrons. The van der Waals surface area contributed by atoms with Crippen LogP contribution in [0.4, 0.5) is 0 Å². The summed E-state index contributed by atoms with van der Waals surface area (Å²) < 4.78 is 9.93. The Morgan fingerprint density at radius 2 is 0.414 bits per heavy atom. The van der Waals surface area contributed by atoms with Gasteiger partial charge in [0.1, 0.15) is 0 Å². The summed E-state index contributed by atoms with van der Waals surface area (Å²) in [4.78, 5) is 0. The van der Waals surface area contributed by atoms with E-state index in [2.05, 4.69) is 467 Å². The highest BCUT2D eigenvalue weighted by Gasteiger charge is 2.27. The second-order valence-corrected chi connectivity index (χ2v) is 35.0. The van der Waals surface area contributed by atoms with Crippen LogP contribution in [-0.4, -0.2) is 18.3 Å². The third kappa shape index (κ3) is 10.6. The van der Waals surface area contributed by atoms with Crippen LogP contribution in [0.25, 0.3) is 275 Å². The molecule has 0 saturated heterocycles. The minimum absolute atomic E-state index is 1.09. The number of para-hydroxylation sites is 2. The highest BCUT2D eigenvalue weighted by molar-refractivity contribution is 6.23. The Morgan fingerprint density at radius 1 is 0.117 bits per heavy atom. The second kappa shape index (κ2) is 27.3.